The number of anilines is 1. The van der Waals surface area contributed by atoms with E-state index in [1.165, 1.54) is 4.88 Å². The number of hydrogen-bond acceptors (Lipinski definition) is 3. The molecular formula is C7H10N2S. The van der Waals surface area contributed by atoms with Gasteiger partial charge in [-0.05, 0) is 6.92 Å². The Morgan fingerprint density at radius 1 is 1.80 bits per heavy atom. The topological polar surface area (TPSA) is 38.9 Å². The lowest BCUT2D eigenvalue weighted by Crippen LogP contribution is -1.77. The number of nitrogen functional groups attached to an aromatic ring is 1. The molecule has 0 radical (unpaired) electrons. The van der Waals surface area contributed by atoms with Crippen molar-refractivity contribution in [2.75, 3.05) is 5.73 Å². The number of aromatic nitrogens is 1. The fraction of sp³-hybridized carbons (Fsp3) is 0.286. The quantitative estimate of drug-likeness (QED) is 0.660. The highest BCUT2D eigenvalue weighted by Gasteiger charge is 1.93. The van der Waals surface area contributed by atoms with Crippen LogP contribution >= 0.6 is 11.3 Å². The summed E-state index contributed by atoms with van der Waals surface area (Å²) in [6, 6.07) is 0. The van der Waals surface area contributed by atoms with E-state index >= 15 is 0 Å². The van der Waals surface area contributed by atoms with E-state index in [2.05, 4.69) is 11.1 Å². The van der Waals surface area contributed by atoms with Gasteiger partial charge in [0, 0.05) is 17.5 Å². The third-order valence-electron chi connectivity index (χ3n) is 1.13. The lowest BCUT2D eigenvalue weighted by Gasteiger charge is -1.82. The minimum atomic E-state index is 0.652. The molecular weight excluding hydrogens is 144 g/mol. The van der Waals surface area contributed by atoms with Gasteiger partial charge < -0.3 is 5.73 Å². The standard InChI is InChI=1S/C7H10N2S/c1-2-3-4-6-5-9-7(8)10-6/h2-3,5H,4H2,1H3,(H2,8,9). The Morgan fingerprint density at radius 2 is 2.60 bits per heavy atom. The predicted octanol–water partition coefficient (Wildman–Crippen LogP) is 1.84. The van der Waals surface area contributed by atoms with Crippen molar-refractivity contribution in [1.82, 2.24) is 4.98 Å². The molecule has 0 aliphatic heterocycles. The first-order chi connectivity index (χ1) is 4.83. The first kappa shape index (κ1) is 7.28. The van der Waals surface area contributed by atoms with E-state index < -0.39 is 0 Å². The van der Waals surface area contributed by atoms with Gasteiger partial charge in [0.15, 0.2) is 5.13 Å². The number of allylic oxidation sites excluding steroid dienone is 2. The smallest absolute Gasteiger partial charge is 0.180 e. The molecule has 54 valence electrons. The Balaban J connectivity index is 2.58. The van der Waals surface area contributed by atoms with Crippen LogP contribution in [0, 0.1) is 0 Å². The van der Waals surface area contributed by atoms with Crippen LogP contribution < -0.4 is 5.73 Å². The maximum atomic E-state index is 5.43. The van der Waals surface area contributed by atoms with Gasteiger partial charge in [-0.25, -0.2) is 4.98 Å². The first-order valence-electron chi connectivity index (χ1n) is 3.14. The molecule has 1 aromatic heterocycles. The Bertz CT molecular complexity index is 227. The van der Waals surface area contributed by atoms with E-state index in [1.54, 1.807) is 11.3 Å². The van der Waals surface area contributed by atoms with Gasteiger partial charge in [0.05, 0.1) is 0 Å². The molecule has 1 heterocycles. The van der Waals surface area contributed by atoms with Gasteiger partial charge >= 0.3 is 0 Å². The summed E-state index contributed by atoms with van der Waals surface area (Å²) >= 11 is 1.54. The lowest BCUT2D eigenvalue weighted by atomic mass is 10.3. The van der Waals surface area contributed by atoms with Crippen molar-refractivity contribution in [2.45, 2.75) is 13.3 Å². The van der Waals surface area contributed by atoms with Crippen LogP contribution in [0.2, 0.25) is 0 Å². The van der Waals surface area contributed by atoms with Crippen LogP contribution in [0.5, 0.6) is 0 Å². The number of nitrogens with two attached hydrogens (primary N) is 1. The third kappa shape index (κ3) is 1.84. The molecule has 0 saturated heterocycles. The molecule has 0 atom stereocenters. The molecule has 2 nitrogen and oxygen atoms in total. The zero-order valence-corrected chi connectivity index (χ0v) is 6.69. The van der Waals surface area contributed by atoms with Crippen LogP contribution in [0.15, 0.2) is 18.3 Å². The maximum absolute atomic E-state index is 5.43. The Hall–Kier alpha value is -0.830. The third-order valence-corrected chi connectivity index (χ3v) is 1.97. The zero-order chi connectivity index (χ0) is 7.40. The van der Waals surface area contributed by atoms with Gasteiger partial charge in [-0.15, -0.1) is 11.3 Å². The van der Waals surface area contributed by atoms with Gasteiger partial charge in [0.2, 0.25) is 0 Å². The normalized spacial score (nSPS) is 10.9. The lowest BCUT2D eigenvalue weighted by molar-refractivity contribution is 1.28. The van der Waals surface area contributed by atoms with Gasteiger partial charge in [-0.2, -0.15) is 0 Å². The average Bonchev–Trinajstić information content (AvgIpc) is 2.31. The highest BCUT2D eigenvalue weighted by atomic mass is 32.1. The molecule has 0 aliphatic rings. The Kier molecular flexibility index (Phi) is 2.45. The summed E-state index contributed by atoms with van der Waals surface area (Å²) in [5.74, 6) is 0. The SMILES string of the molecule is CC=CCc1cnc(N)s1. The molecule has 0 aromatic carbocycles. The van der Waals surface area contributed by atoms with Crippen molar-refractivity contribution >= 4 is 16.5 Å². The van der Waals surface area contributed by atoms with Crippen LogP contribution in [0.3, 0.4) is 0 Å². The predicted molar refractivity (Wildman–Crippen MR) is 45.0 cm³/mol. The molecule has 0 spiro atoms. The molecule has 0 unspecified atom stereocenters. The van der Waals surface area contributed by atoms with Crippen LogP contribution in [0.25, 0.3) is 0 Å². The summed E-state index contributed by atoms with van der Waals surface area (Å²) in [5, 5.41) is 0.652. The van der Waals surface area contributed by atoms with E-state index in [-0.39, 0.29) is 0 Å². The van der Waals surface area contributed by atoms with Gasteiger partial charge in [0.1, 0.15) is 0 Å². The van der Waals surface area contributed by atoms with Crippen LogP contribution in [-0.2, 0) is 6.42 Å². The van der Waals surface area contributed by atoms with E-state index in [0.717, 1.165) is 6.42 Å². The minimum Gasteiger partial charge on any atom is -0.375 e. The number of nitrogens with zero attached hydrogens (tertiary/aromatic N) is 1. The highest BCUT2D eigenvalue weighted by Crippen LogP contribution is 2.14. The van der Waals surface area contributed by atoms with Gasteiger partial charge in [-0.1, -0.05) is 12.2 Å². The molecule has 0 bridgehead atoms. The van der Waals surface area contributed by atoms with Crippen LogP contribution in [0.1, 0.15) is 11.8 Å². The number of rotatable bonds is 2. The number of hydrogen-bond donors (Lipinski definition) is 1. The monoisotopic (exact) mass is 154 g/mol. The molecule has 3 heteroatoms. The summed E-state index contributed by atoms with van der Waals surface area (Å²) in [5.41, 5.74) is 5.43. The Labute approximate surface area is 64.4 Å². The molecule has 10 heavy (non-hydrogen) atoms. The van der Waals surface area contributed by atoms with Crippen molar-refractivity contribution in [1.29, 1.82) is 0 Å². The highest BCUT2D eigenvalue weighted by molar-refractivity contribution is 7.15. The summed E-state index contributed by atoms with van der Waals surface area (Å²) in [7, 11) is 0. The summed E-state index contributed by atoms with van der Waals surface area (Å²) in [6.45, 7) is 2.00. The Morgan fingerprint density at radius 3 is 3.10 bits per heavy atom. The molecule has 2 N–H and O–H groups in total. The van der Waals surface area contributed by atoms with E-state index in [9.17, 15) is 0 Å². The maximum Gasteiger partial charge on any atom is 0.180 e. The molecule has 0 saturated carbocycles. The zero-order valence-electron chi connectivity index (χ0n) is 5.87. The summed E-state index contributed by atoms with van der Waals surface area (Å²) in [4.78, 5) is 5.15. The second kappa shape index (κ2) is 3.37. The molecule has 0 amide bonds. The summed E-state index contributed by atoms with van der Waals surface area (Å²) < 4.78 is 0. The van der Waals surface area contributed by atoms with E-state index in [1.807, 2.05) is 19.2 Å². The van der Waals surface area contributed by atoms with E-state index in [4.69, 9.17) is 5.73 Å². The fourth-order valence-electron chi connectivity index (χ4n) is 0.651. The molecule has 1 aromatic rings. The molecule has 0 fully saturated rings. The van der Waals surface area contributed by atoms with E-state index in [0.29, 0.717) is 5.13 Å². The van der Waals surface area contributed by atoms with Crippen molar-refractivity contribution < 1.29 is 0 Å². The molecule has 1 rings (SSSR count). The summed E-state index contributed by atoms with van der Waals surface area (Å²) in [6.07, 6.45) is 6.88. The van der Waals surface area contributed by atoms with Crippen molar-refractivity contribution in [3.8, 4) is 0 Å². The minimum absolute atomic E-state index is 0.652. The molecule has 0 aliphatic carbocycles. The van der Waals surface area contributed by atoms with Gasteiger partial charge in [0.25, 0.3) is 0 Å². The van der Waals surface area contributed by atoms with Crippen molar-refractivity contribution in [3.05, 3.63) is 23.2 Å². The average molecular weight is 154 g/mol. The van der Waals surface area contributed by atoms with Crippen molar-refractivity contribution in [3.63, 3.8) is 0 Å². The largest absolute Gasteiger partial charge is 0.375 e. The number of thiazole rings is 1. The second-order valence-electron chi connectivity index (χ2n) is 1.94. The fourth-order valence-corrected chi connectivity index (χ4v) is 1.31. The van der Waals surface area contributed by atoms with Crippen LogP contribution in [-0.4, -0.2) is 4.98 Å². The first-order valence-corrected chi connectivity index (χ1v) is 3.96. The second-order valence-corrected chi connectivity index (χ2v) is 3.08. The van der Waals surface area contributed by atoms with Crippen molar-refractivity contribution in [2.24, 2.45) is 0 Å². The van der Waals surface area contributed by atoms with Gasteiger partial charge in [-0.3, -0.25) is 0 Å². The van der Waals surface area contributed by atoms with Crippen LogP contribution in [0.4, 0.5) is 5.13 Å².